The Morgan fingerprint density at radius 2 is 1.54 bits per heavy atom. The largest absolute Gasteiger partial charge is 0.271 e. The number of imidazole rings is 1. The summed E-state index contributed by atoms with van der Waals surface area (Å²) >= 11 is 1.63. The van der Waals surface area contributed by atoms with Crippen LogP contribution in [-0.2, 0) is 5.75 Å². The van der Waals surface area contributed by atoms with Crippen molar-refractivity contribution in [1.29, 1.82) is 0 Å². The first-order chi connectivity index (χ1) is 12.8. The summed E-state index contributed by atoms with van der Waals surface area (Å²) in [6.45, 7) is 0. The highest BCUT2D eigenvalue weighted by Crippen LogP contribution is 2.30. The first-order valence-electron chi connectivity index (χ1n) is 8.33. The Morgan fingerprint density at radius 1 is 0.808 bits per heavy atom. The fourth-order valence-corrected chi connectivity index (χ4v) is 4.10. The summed E-state index contributed by atoms with van der Waals surface area (Å²) in [4.78, 5) is 9.70. The number of fused-ring (bicyclic) bond motifs is 5. The van der Waals surface area contributed by atoms with Gasteiger partial charge in [-0.15, -0.1) is 0 Å². The molecular weight excluding hydrogens is 345 g/mol. The van der Waals surface area contributed by atoms with Crippen LogP contribution in [0.5, 0.6) is 0 Å². The van der Waals surface area contributed by atoms with Crippen molar-refractivity contribution in [3.63, 3.8) is 0 Å². The number of thioether (sulfide) groups is 1. The Hall–Kier alpha value is -2.92. The molecule has 3 nitrogen and oxygen atoms in total. The lowest BCUT2D eigenvalue weighted by atomic mass is 10.2. The van der Waals surface area contributed by atoms with Crippen LogP contribution in [0.1, 0.15) is 5.56 Å². The van der Waals surface area contributed by atoms with Crippen LogP contribution in [0.2, 0.25) is 0 Å². The molecule has 0 radical (unpaired) electrons. The van der Waals surface area contributed by atoms with Crippen molar-refractivity contribution in [2.75, 3.05) is 0 Å². The SMILES string of the molecule is Fc1ccc(CSc2nc3ccccc3c3nc4ccccc4n23)cc1. The molecule has 0 aliphatic carbocycles. The lowest BCUT2D eigenvalue weighted by molar-refractivity contribution is 0.627. The van der Waals surface area contributed by atoms with Gasteiger partial charge in [-0.3, -0.25) is 4.40 Å². The van der Waals surface area contributed by atoms with Crippen molar-refractivity contribution in [3.05, 3.63) is 84.2 Å². The molecular formula is C21H14FN3S. The zero-order valence-corrected chi connectivity index (χ0v) is 14.6. The van der Waals surface area contributed by atoms with Crippen LogP contribution in [-0.4, -0.2) is 14.4 Å². The van der Waals surface area contributed by atoms with E-state index in [1.165, 1.54) is 12.1 Å². The fourth-order valence-electron chi connectivity index (χ4n) is 3.14. The number of hydrogen-bond acceptors (Lipinski definition) is 3. The summed E-state index contributed by atoms with van der Waals surface area (Å²) in [5.41, 5.74) is 4.90. The Morgan fingerprint density at radius 3 is 2.38 bits per heavy atom. The highest BCUT2D eigenvalue weighted by Gasteiger charge is 2.14. The van der Waals surface area contributed by atoms with E-state index in [9.17, 15) is 4.39 Å². The topological polar surface area (TPSA) is 30.2 Å². The van der Waals surface area contributed by atoms with E-state index in [4.69, 9.17) is 9.97 Å². The van der Waals surface area contributed by atoms with Gasteiger partial charge in [0, 0.05) is 11.1 Å². The maximum Gasteiger partial charge on any atom is 0.175 e. The van der Waals surface area contributed by atoms with Gasteiger partial charge in [-0.1, -0.05) is 48.2 Å². The van der Waals surface area contributed by atoms with Crippen LogP contribution in [0.3, 0.4) is 0 Å². The third kappa shape index (κ3) is 2.52. The summed E-state index contributed by atoms with van der Waals surface area (Å²) in [6, 6.07) is 22.8. The first kappa shape index (κ1) is 15.3. The molecule has 0 aliphatic heterocycles. The first-order valence-corrected chi connectivity index (χ1v) is 9.31. The number of rotatable bonds is 3. The number of halogens is 1. The maximum atomic E-state index is 13.1. The Kier molecular flexibility index (Phi) is 3.60. The summed E-state index contributed by atoms with van der Waals surface area (Å²) in [5.74, 6) is 0.498. The molecule has 0 aliphatic rings. The van der Waals surface area contributed by atoms with Crippen molar-refractivity contribution >= 4 is 39.3 Å². The number of hydrogen-bond donors (Lipinski definition) is 0. The molecule has 5 rings (SSSR count). The molecule has 3 aromatic carbocycles. The van der Waals surface area contributed by atoms with Gasteiger partial charge in [-0.05, 0) is 42.0 Å². The molecule has 0 bridgehead atoms. The van der Waals surface area contributed by atoms with Crippen LogP contribution in [0.15, 0.2) is 78.0 Å². The molecule has 126 valence electrons. The average molecular weight is 359 g/mol. The van der Waals surface area contributed by atoms with Gasteiger partial charge in [0.2, 0.25) is 0 Å². The maximum absolute atomic E-state index is 13.1. The zero-order valence-electron chi connectivity index (χ0n) is 13.8. The quantitative estimate of drug-likeness (QED) is 0.316. The second-order valence-electron chi connectivity index (χ2n) is 6.09. The molecule has 0 N–H and O–H groups in total. The zero-order chi connectivity index (χ0) is 17.5. The predicted octanol–water partition coefficient (Wildman–Crippen LogP) is 5.47. The molecule has 0 saturated heterocycles. The number of nitrogens with zero attached hydrogens (tertiary/aromatic N) is 3. The molecule has 2 heterocycles. The number of aromatic nitrogens is 3. The predicted molar refractivity (Wildman–Crippen MR) is 104 cm³/mol. The molecule has 5 heteroatoms. The third-order valence-corrected chi connectivity index (χ3v) is 5.40. The molecule has 2 aromatic heterocycles. The number of para-hydroxylation sites is 3. The minimum atomic E-state index is -0.217. The van der Waals surface area contributed by atoms with Gasteiger partial charge >= 0.3 is 0 Å². The van der Waals surface area contributed by atoms with Gasteiger partial charge in [0.05, 0.1) is 16.6 Å². The Balaban J connectivity index is 1.70. The normalized spacial score (nSPS) is 11.6. The molecule has 26 heavy (non-hydrogen) atoms. The van der Waals surface area contributed by atoms with E-state index in [-0.39, 0.29) is 5.82 Å². The molecule has 0 atom stereocenters. The van der Waals surface area contributed by atoms with Crippen LogP contribution in [0, 0.1) is 5.82 Å². The van der Waals surface area contributed by atoms with E-state index in [0.717, 1.165) is 38.3 Å². The van der Waals surface area contributed by atoms with Crippen LogP contribution < -0.4 is 0 Å². The standard InChI is InChI=1S/C21H14FN3S/c22-15-11-9-14(10-12-15)13-26-21-24-17-6-2-1-5-16(17)20-23-18-7-3-4-8-19(18)25(20)21/h1-12H,13H2. The molecule has 0 amide bonds. The smallest absolute Gasteiger partial charge is 0.175 e. The van der Waals surface area contributed by atoms with Crippen molar-refractivity contribution in [2.45, 2.75) is 10.9 Å². The Labute approximate surface area is 153 Å². The van der Waals surface area contributed by atoms with E-state index in [1.807, 2.05) is 48.5 Å². The Bertz CT molecular complexity index is 1250. The van der Waals surface area contributed by atoms with E-state index < -0.39 is 0 Å². The lowest BCUT2D eigenvalue weighted by Crippen LogP contribution is -1.97. The summed E-state index contributed by atoms with van der Waals surface area (Å²) < 4.78 is 15.3. The van der Waals surface area contributed by atoms with Crippen LogP contribution in [0.4, 0.5) is 4.39 Å². The summed E-state index contributed by atoms with van der Waals surface area (Å²) in [6.07, 6.45) is 0. The van der Waals surface area contributed by atoms with Crippen molar-refractivity contribution in [3.8, 4) is 0 Å². The van der Waals surface area contributed by atoms with Crippen molar-refractivity contribution in [1.82, 2.24) is 14.4 Å². The van der Waals surface area contributed by atoms with E-state index in [0.29, 0.717) is 5.75 Å². The van der Waals surface area contributed by atoms with Gasteiger partial charge in [0.25, 0.3) is 0 Å². The number of benzene rings is 3. The molecule has 0 spiro atoms. The fraction of sp³-hybridized carbons (Fsp3) is 0.0476. The lowest BCUT2D eigenvalue weighted by Gasteiger charge is -2.08. The second kappa shape index (κ2) is 6.11. The van der Waals surface area contributed by atoms with E-state index in [1.54, 1.807) is 11.8 Å². The second-order valence-corrected chi connectivity index (χ2v) is 7.03. The van der Waals surface area contributed by atoms with Crippen molar-refractivity contribution < 1.29 is 4.39 Å². The summed E-state index contributed by atoms with van der Waals surface area (Å²) in [7, 11) is 0. The van der Waals surface area contributed by atoms with Gasteiger partial charge in [-0.2, -0.15) is 0 Å². The highest BCUT2D eigenvalue weighted by atomic mass is 32.2. The van der Waals surface area contributed by atoms with Crippen LogP contribution in [0.25, 0.3) is 27.6 Å². The monoisotopic (exact) mass is 359 g/mol. The third-order valence-electron chi connectivity index (χ3n) is 4.39. The highest BCUT2D eigenvalue weighted by molar-refractivity contribution is 7.98. The van der Waals surface area contributed by atoms with Crippen LogP contribution >= 0.6 is 11.8 Å². The molecule has 0 unspecified atom stereocenters. The van der Waals surface area contributed by atoms with Gasteiger partial charge < -0.3 is 0 Å². The average Bonchev–Trinajstić information content (AvgIpc) is 3.07. The molecule has 0 fully saturated rings. The minimum Gasteiger partial charge on any atom is -0.271 e. The summed E-state index contributed by atoms with van der Waals surface area (Å²) in [5, 5.41) is 1.92. The van der Waals surface area contributed by atoms with Gasteiger partial charge in [0.15, 0.2) is 5.16 Å². The molecule has 5 aromatic rings. The minimum absolute atomic E-state index is 0.217. The molecule has 0 saturated carbocycles. The van der Waals surface area contributed by atoms with Gasteiger partial charge in [0.1, 0.15) is 11.5 Å². The van der Waals surface area contributed by atoms with E-state index in [2.05, 4.69) is 16.5 Å². The van der Waals surface area contributed by atoms with E-state index >= 15 is 0 Å². The van der Waals surface area contributed by atoms with Crippen molar-refractivity contribution in [2.24, 2.45) is 0 Å². The van der Waals surface area contributed by atoms with Gasteiger partial charge in [-0.25, -0.2) is 14.4 Å².